The van der Waals surface area contributed by atoms with Gasteiger partial charge in [0.25, 0.3) is 0 Å². The fourth-order valence-corrected chi connectivity index (χ4v) is 0.980. The quantitative estimate of drug-likeness (QED) is 0.445. The average Bonchev–Trinajstić information content (AvgIpc) is 2.02. The van der Waals surface area contributed by atoms with E-state index in [-0.39, 0.29) is 5.46 Å². The molecule has 0 unspecified atom stereocenters. The molecule has 3 nitrogen and oxygen atoms in total. The number of anilines is 1. The van der Waals surface area contributed by atoms with Crippen molar-refractivity contribution in [1.29, 1.82) is 0 Å². The van der Waals surface area contributed by atoms with E-state index in [1.54, 1.807) is 0 Å². The topological polar surface area (TPSA) is 66.5 Å². The fraction of sp³-hybridized carbons (Fsp3) is 0.143. The molecule has 14 heavy (non-hydrogen) atoms. The first-order valence-corrected chi connectivity index (χ1v) is 3.65. The van der Waals surface area contributed by atoms with Gasteiger partial charge in [-0.3, -0.25) is 0 Å². The van der Waals surface area contributed by atoms with Crippen LogP contribution in [0.15, 0.2) is 18.2 Å². The van der Waals surface area contributed by atoms with Gasteiger partial charge in [-0.1, -0.05) is 6.07 Å². The number of nitrogens with two attached hydrogens (primary N) is 1. The van der Waals surface area contributed by atoms with E-state index in [0.29, 0.717) is 6.07 Å². The molecule has 0 radical (unpaired) electrons. The minimum Gasteiger partial charge on any atom is -0.423 e. The van der Waals surface area contributed by atoms with Crippen molar-refractivity contribution < 1.29 is 23.2 Å². The second-order valence-corrected chi connectivity index (χ2v) is 2.72. The van der Waals surface area contributed by atoms with Gasteiger partial charge >= 0.3 is 13.3 Å². The first kappa shape index (κ1) is 10.9. The van der Waals surface area contributed by atoms with Crippen LogP contribution in [0.25, 0.3) is 0 Å². The minimum atomic E-state index is -4.59. The molecule has 7 heteroatoms. The summed E-state index contributed by atoms with van der Waals surface area (Å²) in [5.41, 5.74) is 3.34. The molecule has 0 spiro atoms. The van der Waals surface area contributed by atoms with E-state index in [9.17, 15) is 13.2 Å². The van der Waals surface area contributed by atoms with Crippen LogP contribution in [0.1, 0.15) is 5.56 Å². The molecule has 0 aliphatic rings. The molecule has 0 saturated carbocycles. The van der Waals surface area contributed by atoms with Gasteiger partial charge in [-0.25, -0.2) is 0 Å². The lowest BCUT2D eigenvalue weighted by molar-refractivity contribution is -0.136. The molecule has 1 aromatic carbocycles. The van der Waals surface area contributed by atoms with Crippen molar-refractivity contribution in [3.05, 3.63) is 23.8 Å². The summed E-state index contributed by atoms with van der Waals surface area (Å²) < 4.78 is 36.7. The number of hydrogen-bond donors (Lipinski definition) is 3. The molecule has 0 saturated heterocycles. The van der Waals surface area contributed by atoms with Gasteiger partial charge in [0.15, 0.2) is 0 Å². The predicted octanol–water partition coefficient (Wildman–Crippen LogP) is -0.0326. The Hall–Kier alpha value is -1.21. The summed E-state index contributed by atoms with van der Waals surface area (Å²) in [6, 6.07) is 2.72. The summed E-state index contributed by atoms with van der Waals surface area (Å²) in [5, 5.41) is 17.3. The number of nitrogen functional groups attached to an aromatic ring is 1. The maximum Gasteiger partial charge on any atom is 0.488 e. The Morgan fingerprint density at radius 1 is 1.21 bits per heavy atom. The summed E-state index contributed by atoms with van der Waals surface area (Å²) in [6.07, 6.45) is -4.59. The van der Waals surface area contributed by atoms with Gasteiger partial charge < -0.3 is 15.8 Å². The van der Waals surface area contributed by atoms with Crippen molar-refractivity contribution in [2.24, 2.45) is 0 Å². The standard InChI is InChI=1S/C7H7BF3NO2/c9-7(10,11)5-3-4(8(13)14)1-2-6(5)12/h1-3,13-14H,12H2. The highest BCUT2D eigenvalue weighted by Gasteiger charge is 2.33. The largest absolute Gasteiger partial charge is 0.488 e. The van der Waals surface area contributed by atoms with Crippen LogP contribution < -0.4 is 11.2 Å². The number of alkyl halides is 3. The van der Waals surface area contributed by atoms with Crippen LogP contribution >= 0.6 is 0 Å². The normalized spacial score (nSPS) is 11.5. The van der Waals surface area contributed by atoms with Crippen LogP contribution in [-0.4, -0.2) is 17.2 Å². The SMILES string of the molecule is Nc1ccc(B(O)O)cc1C(F)(F)F. The van der Waals surface area contributed by atoms with Crippen molar-refractivity contribution in [2.75, 3.05) is 5.73 Å². The van der Waals surface area contributed by atoms with Crippen LogP contribution in [0.4, 0.5) is 18.9 Å². The first-order chi connectivity index (χ1) is 6.32. The van der Waals surface area contributed by atoms with Crippen LogP contribution in [-0.2, 0) is 6.18 Å². The Bertz CT molecular complexity index is 340. The minimum absolute atomic E-state index is 0.244. The van der Waals surface area contributed by atoms with Gasteiger partial charge in [-0.05, 0) is 17.6 Å². The summed E-state index contributed by atoms with van der Waals surface area (Å²) >= 11 is 0. The molecule has 0 amide bonds. The number of rotatable bonds is 1. The van der Waals surface area contributed by atoms with Crippen molar-refractivity contribution in [1.82, 2.24) is 0 Å². The highest BCUT2D eigenvalue weighted by atomic mass is 19.4. The van der Waals surface area contributed by atoms with Crippen molar-refractivity contribution in [3.63, 3.8) is 0 Å². The molecule has 0 aliphatic carbocycles. The van der Waals surface area contributed by atoms with Crippen LogP contribution in [0.5, 0.6) is 0 Å². The van der Waals surface area contributed by atoms with E-state index in [1.807, 2.05) is 0 Å². The smallest absolute Gasteiger partial charge is 0.423 e. The monoisotopic (exact) mass is 205 g/mol. The maximum absolute atomic E-state index is 12.2. The molecular formula is C7H7BF3NO2. The molecule has 0 heterocycles. The number of halogens is 3. The van der Waals surface area contributed by atoms with Gasteiger partial charge in [-0.15, -0.1) is 0 Å². The molecule has 0 bridgehead atoms. The van der Waals surface area contributed by atoms with E-state index in [0.717, 1.165) is 12.1 Å². The van der Waals surface area contributed by atoms with Gasteiger partial charge in [0, 0.05) is 5.69 Å². The zero-order valence-corrected chi connectivity index (χ0v) is 6.92. The second kappa shape index (κ2) is 3.51. The van der Waals surface area contributed by atoms with Crippen molar-refractivity contribution >= 4 is 18.3 Å². The van der Waals surface area contributed by atoms with E-state index in [1.165, 1.54) is 0 Å². The van der Waals surface area contributed by atoms with E-state index >= 15 is 0 Å². The zero-order chi connectivity index (χ0) is 10.9. The Morgan fingerprint density at radius 2 is 1.79 bits per heavy atom. The summed E-state index contributed by atoms with van der Waals surface area (Å²) in [5.74, 6) is 0. The van der Waals surface area contributed by atoms with Gasteiger partial charge in [0.2, 0.25) is 0 Å². The van der Waals surface area contributed by atoms with E-state index in [2.05, 4.69) is 0 Å². The highest BCUT2D eigenvalue weighted by molar-refractivity contribution is 6.58. The lowest BCUT2D eigenvalue weighted by Gasteiger charge is -2.11. The predicted molar refractivity (Wildman–Crippen MR) is 45.7 cm³/mol. The Balaban J connectivity index is 3.22. The summed E-state index contributed by atoms with van der Waals surface area (Å²) in [7, 11) is -1.93. The molecule has 0 atom stereocenters. The van der Waals surface area contributed by atoms with Crippen LogP contribution in [0.2, 0.25) is 0 Å². The number of hydrogen-bond acceptors (Lipinski definition) is 3. The summed E-state index contributed by atoms with van der Waals surface area (Å²) in [6.45, 7) is 0. The maximum atomic E-state index is 12.2. The molecule has 0 aliphatic heterocycles. The molecule has 0 fully saturated rings. The van der Waals surface area contributed by atoms with Gasteiger partial charge in [-0.2, -0.15) is 13.2 Å². The molecule has 76 valence electrons. The summed E-state index contributed by atoms with van der Waals surface area (Å²) in [4.78, 5) is 0. The lowest BCUT2D eigenvalue weighted by atomic mass is 9.79. The first-order valence-electron chi connectivity index (χ1n) is 3.65. The Labute approximate surface area is 78.1 Å². The third-order valence-electron chi connectivity index (χ3n) is 1.68. The fourth-order valence-electron chi connectivity index (χ4n) is 0.980. The third kappa shape index (κ3) is 2.18. The van der Waals surface area contributed by atoms with E-state index < -0.39 is 24.5 Å². The average molecular weight is 205 g/mol. The molecular weight excluding hydrogens is 198 g/mol. The number of benzene rings is 1. The van der Waals surface area contributed by atoms with Crippen LogP contribution in [0.3, 0.4) is 0 Å². The second-order valence-electron chi connectivity index (χ2n) is 2.72. The zero-order valence-electron chi connectivity index (χ0n) is 6.92. The molecule has 0 aromatic heterocycles. The van der Waals surface area contributed by atoms with Gasteiger partial charge in [0.1, 0.15) is 0 Å². The molecule has 4 N–H and O–H groups in total. The molecule has 1 aromatic rings. The van der Waals surface area contributed by atoms with E-state index in [4.69, 9.17) is 15.8 Å². The lowest BCUT2D eigenvalue weighted by Crippen LogP contribution is -2.31. The van der Waals surface area contributed by atoms with Crippen molar-refractivity contribution in [2.45, 2.75) is 6.18 Å². The third-order valence-corrected chi connectivity index (χ3v) is 1.68. The Morgan fingerprint density at radius 3 is 2.21 bits per heavy atom. The Kier molecular flexibility index (Phi) is 2.72. The van der Waals surface area contributed by atoms with Gasteiger partial charge in [0.05, 0.1) is 5.56 Å². The molecule has 1 rings (SSSR count). The van der Waals surface area contributed by atoms with Crippen molar-refractivity contribution in [3.8, 4) is 0 Å². The van der Waals surface area contributed by atoms with Crippen LogP contribution in [0, 0.1) is 0 Å². The highest BCUT2D eigenvalue weighted by Crippen LogP contribution is 2.32.